The van der Waals surface area contributed by atoms with Crippen LogP contribution >= 0.6 is 0 Å². The van der Waals surface area contributed by atoms with E-state index < -0.39 is 16.0 Å². The summed E-state index contributed by atoms with van der Waals surface area (Å²) >= 11 is 0. The third kappa shape index (κ3) is 4.04. The van der Waals surface area contributed by atoms with Gasteiger partial charge in [-0.1, -0.05) is 19.4 Å². The topological polar surface area (TPSA) is 86.5 Å². The monoisotopic (exact) mass is 313 g/mol. The Morgan fingerprint density at radius 1 is 1.29 bits per heavy atom. The fourth-order valence-electron chi connectivity index (χ4n) is 2.63. The summed E-state index contributed by atoms with van der Waals surface area (Å²) in [5.74, 6) is -0.504. The van der Waals surface area contributed by atoms with Crippen LogP contribution in [-0.4, -0.2) is 20.5 Å². The highest BCUT2D eigenvalue weighted by molar-refractivity contribution is 7.89. The first kappa shape index (κ1) is 17.7. The standard InChI is InChI=1S/C15H23NO4S/c1-6-7-11(4)20-15(17)13-9(2)8-10(3)14(12(13)5)21(16,18)19/h8,11H,6-7H2,1-5H3,(H2,16,18,19). The Balaban J connectivity index is 3.34. The minimum Gasteiger partial charge on any atom is -0.459 e. The maximum atomic E-state index is 12.3. The largest absolute Gasteiger partial charge is 0.459 e. The summed E-state index contributed by atoms with van der Waals surface area (Å²) in [6.07, 6.45) is 1.46. The van der Waals surface area contributed by atoms with E-state index in [1.165, 1.54) is 0 Å². The van der Waals surface area contributed by atoms with E-state index in [9.17, 15) is 13.2 Å². The van der Waals surface area contributed by atoms with Crippen LogP contribution in [0.25, 0.3) is 0 Å². The van der Waals surface area contributed by atoms with Crippen molar-refractivity contribution < 1.29 is 17.9 Å². The number of nitrogens with two attached hydrogens (primary N) is 1. The lowest BCUT2D eigenvalue weighted by molar-refractivity contribution is 0.0321. The smallest absolute Gasteiger partial charge is 0.338 e. The highest BCUT2D eigenvalue weighted by Crippen LogP contribution is 2.26. The minimum atomic E-state index is -3.88. The van der Waals surface area contributed by atoms with Crippen molar-refractivity contribution in [2.24, 2.45) is 5.14 Å². The molecule has 0 radical (unpaired) electrons. The highest BCUT2D eigenvalue weighted by Gasteiger charge is 2.24. The van der Waals surface area contributed by atoms with E-state index in [2.05, 4.69) is 0 Å². The fourth-order valence-corrected chi connectivity index (χ4v) is 3.66. The van der Waals surface area contributed by atoms with Crippen LogP contribution in [0.5, 0.6) is 0 Å². The number of hydrogen-bond acceptors (Lipinski definition) is 4. The van der Waals surface area contributed by atoms with Crippen LogP contribution in [0, 0.1) is 20.8 Å². The zero-order valence-electron chi connectivity index (χ0n) is 13.2. The van der Waals surface area contributed by atoms with E-state index in [0.717, 1.165) is 12.8 Å². The van der Waals surface area contributed by atoms with Crippen LogP contribution in [0.1, 0.15) is 53.7 Å². The Hall–Kier alpha value is -1.40. The van der Waals surface area contributed by atoms with Crippen molar-refractivity contribution in [1.29, 1.82) is 0 Å². The van der Waals surface area contributed by atoms with Crippen molar-refractivity contribution >= 4 is 16.0 Å². The molecule has 1 aromatic carbocycles. The first-order valence-corrected chi connectivity index (χ1v) is 8.48. The fraction of sp³-hybridized carbons (Fsp3) is 0.533. The van der Waals surface area contributed by atoms with Gasteiger partial charge in [0.2, 0.25) is 10.0 Å². The van der Waals surface area contributed by atoms with Crippen molar-refractivity contribution in [2.75, 3.05) is 0 Å². The quantitative estimate of drug-likeness (QED) is 0.847. The summed E-state index contributed by atoms with van der Waals surface area (Å²) < 4.78 is 28.8. The lowest BCUT2D eigenvalue weighted by atomic mass is 9.99. The molecule has 6 heteroatoms. The third-order valence-corrected chi connectivity index (χ3v) is 4.59. The SMILES string of the molecule is CCCC(C)OC(=O)c1c(C)cc(C)c(S(N)(=O)=O)c1C. The van der Waals surface area contributed by atoms with Crippen LogP contribution in [0.4, 0.5) is 0 Å². The molecule has 5 nitrogen and oxygen atoms in total. The molecule has 0 amide bonds. The maximum absolute atomic E-state index is 12.3. The number of esters is 1. The summed E-state index contributed by atoms with van der Waals surface area (Å²) in [4.78, 5) is 12.3. The molecule has 0 spiro atoms. The zero-order valence-corrected chi connectivity index (χ0v) is 14.0. The van der Waals surface area contributed by atoms with Crippen molar-refractivity contribution in [3.63, 3.8) is 0 Å². The molecule has 0 bridgehead atoms. The third-order valence-electron chi connectivity index (χ3n) is 3.39. The van der Waals surface area contributed by atoms with Gasteiger partial charge >= 0.3 is 5.97 Å². The number of carbonyl (C=O) groups is 1. The Morgan fingerprint density at radius 3 is 2.33 bits per heavy atom. The van der Waals surface area contributed by atoms with E-state index in [0.29, 0.717) is 16.7 Å². The molecule has 1 unspecified atom stereocenters. The highest BCUT2D eigenvalue weighted by atomic mass is 32.2. The number of primary sulfonamides is 1. The van der Waals surface area contributed by atoms with Crippen LogP contribution in [0.2, 0.25) is 0 Å². The lowest BCUT2D eigenvalue weighted by Crippen LogP contribution is -2.21. The first-order chi connectivity index (χ1) is 9.59. The molecule has 1 aromatic rings. The molecule has 0 saturated heterocycles. The first-order valence-electron chi connectivity index (χ1n) is 6.94. The summed E-state index contributed by atoms with van der Waals surface area (Å²) in [5, 5.41) is 5.25. The molecule has 118 valence electrons. The van der Waals surface area contributed by atoms with Gasteiger partial charge < -0.3 is 4.74 Å². The average Bonchev–Trinajstić information content (AvgIpc) is 2.25. The van der Waals surface area contributed by atoms with Gasteiger partial charge in [-0.15, -0.1) is 0 Å². The van der Waals surface area contributed by atoms with E-state index in [4.69, 9.17) is 9.88 Å². The van der Waals surface area contributed by atoms with Crippen molar-refractivity contribution in [3.05, 3.63) is 28.3 Å². The van der Waals surface area contributed by atoms with Gasteiger partial charge in [0.15, 0.2) is 0 Å². The summed E-state index contributed by atoms with van der Waals surface area (Å²) in [7, 11) is -3.88. The molecule has 0 fully saturated rings. The van der Waals surface area contributed by atoms with E-state index in [1.54, 1.807) is 26.8 Å². The van der Waals surface area contributed by atoms with Gasteiger partial charge in [-0.2, -0.15) is 0 Å². The second-order valence-corrected chi connectivity index (χ2v) is 6.89. The number of hydrogen-bond donors (Lipinski definition) is 1. The van der Waals surface area contributed by atoms with E-state index >= 15 is 0 Å². The molecule has 0 aliphatic heterocycles. The zero-order chi connectivity index (χ0) is 16.4. The van der Waals surface area contributed by atoms with Gasteiger partial charge in [-0.05, 0) is 50.8 Å². The lowest BCUT2D eigenvalue weighted by Gasteiger charge is -2.17. The molecule has 0 aromatic heterocycles. The number of ether oxygens (including phenoxy) is 1. The van der Waals surface area contributed by atoms with Crippen LogP contribution in [-0.2, 0) is 14.8 Å². The Labute approximate surface area is 126 Å². The summed E-state index contributed by atoms with van der Waals surface area (Å²) in [6.45, 7) is 8.83. The molecule has 0 aliphatic carbocycles. The molecular weight excluding hydrogens is 290 g/mol. The van der Waals surface area contributed by atoms with Crippen molar-refractivity contribution in [3.8, 4) is 0 Å². The number of benzene rings is 1. The molecule has 0 saturated carbocycles. The van der Waals surface area contributed by atoms with Gasteiger partial charge in [0.1, 0.15) is 0 Å². The molecule has 0 aliphatic rings. The van der Waals surface area contributed by atoms with Gasteiger partial charge in [-0.25, -0.2) is 18.4 Å². The number of carbonyl (C=O) groups excluding carboxylic acids is 1. The molecule has 0 heterocycles. The van der Waals surface area contributed by atoms with Crippen LogP contribution in [0.15, 0.2) is 11.0 Å². The van der Waals surface area contributed by atoms with Crippen LogP contribution < -0.4 is 5.14 Å². The summed E-state index contributed by atoms with van der Waals surface area (Å²) in [6, 6.07) is 1.65. The van der Waals surface area contributed by atoms with Crippen molar-refractivity contribution in [1.82, 2.24) is 0 Å². The van der Waals surface area contributed by atoms with Crippen molar-refractivity contribution in [2.45, 2.75) is 58.5 Å². The molecule has 1 rings (SSSR count). The molecule has 2 N–H and O–H groups in total. The van der Waals surface area contributed by atoms with E-state index in [1.807, 2.05) is 13.8 Å². The second kappa shape index (κ2) is 6.58. The number of sulfonamides is 1. The number of aryl methyl sites for hydroxylation is 2. The Bertz CT molecular complexity index is 650. The van der Waals surface area contributed by atoms with Crippen LogP contribution in [0.3, 0.4) is 0 Å². The Morgan fingerprint density at radius 2 is 1.86 bits per heavy atom. The van der Waals surface area contributed by atoms with Gasteiger partial charge in [0.05, 0.1) is 16.6 Å². The van der Waals surface area contributed by atoms with Gasteiger partial charge in [0, 0.05) is 0 Å². The normalized spacial score (nSPS) is 13.0. The number of rotatable bonds is 5. The summed E-state index contributed by atoms with van der Waals surface area (Å²) in [5.41, 5.74) is 1.85. The molecule has 21 heavy (non-hydrogen) atoms. The predicted octanol–water partition coefficient (Wildman–Crippen LogP) is 2.60. The Kier molecular flexibility index (Phi) is 5.53. The molecule has 1 atom stereocenters. The second-order valence-electron chi connectivity index (χ2n) is 5.39. The maximum Gasteiger partial charge on any atom is 0.338 e. The van der Waals surface area contributed by atoms with E-state index in [-0.39, 0.29) is 16.6 Å². The predicted molar refractivity (Wildman–Crippen MR) is 81.8 cm³/mol. The van der Waals surface area contributed by atoms with Gasteiger partial charge in [-0.3, -0.25) is 0 Å². The van der Waals surface area contributed by atoms with Gasteiger partial charge in [0.25, 0.3) is 0 Å². The minimum absolute atomic E-state index is 0.00296. The average molecular weight is 313 g/mol. The molecular formula is C15H23NO4S.